The number of carbonyl (C=O) groups is 1. The molecule has 1 atom stereocenters. The highest BCUT2D eigenvalue weighted by molar-refractivity contribution is 5.93. The Bertz CT molecular complexity index is 651. The lowest BCUT2D eigenvalue weighted by molar-refractivity contribution is -0.138. The molecule has 0 saturated heterocycles. The Kier molecular flexibility index (Phi) is 4.44. The third-order valence-corrected chi connectivity index (χ3v) is 3.51. The Morgan fingerprint density at radius 2 is 1.95 bits per heavy atom. The number of benzene rings is 1. The second kappa shape index (κ2) is 6.27. The minimum absolute atomic E-state index is 0.307. The number of hydrogen-bond donors (Lipinski definition) is 1. The zero-order chi connectivity index (χ0) is 15.4. The SMILES string of the molecule is CCOC(=O)C1=C(C)NC(C)=C(C#N)C1c1ccccc1. The Balaban J connectivity index is 2.58. The summed E-state index contributed by atoms with van der Waals surface area (Å²) in [5.41, 5.74) is 3.48. The zero-order valence-corrected chi connectivity index (χ0v) is 12.4. The summed E-state index contributed by atoms with van der Waals surface area (Å²) >= 11 is 0. The van der Waals surface area contributed by atoms with Crippen molar-refractivity contribution < 1.29 is 9.53 Å². The Labute approximate surface area is 124 Å². The summed E-state index contributed by atoms with van der Waals surface area (Å²) < 4.78 is 5.16. The van der Waals surface area contributed by atoms with Crippen LogP contribution in [0.4, 0.5) is 0 Å². The van der Waals surface area contributed by atoms with Crippen molar-refractivity contribution in [1.82, 2.24) is 5.32 Å². The summed E-state index contributed by atoms with van der Waals surface area (Å²) in [6, 6.07) is 11.8. The lowest BCUT2D eigenvalue weighted by Gasteiger charge is -2.28. The van der Waals surface area contributed by atoms with E-state index in [1.807, 2.05) is 44.2 Å². The van der Waals surface area contributed by atoms with E-state index in [0.29, 0.717) is 17.8 Å². The normalized spacial score (nSPS) is 18.1. The zero-order valence-electron chi connectivity index (χ0n) is 12.4. The molecule has 21 heavy (non-hydrogen) atoms. The largest absolute Gasteiger partial charge is 0.463 e. The third-order valence-electron chi connectivity index (χ3n) is 3.51. The minimum Gasteiger partial charge on any atom is -0.463 e. The monoisotopic (exact) mass is 282 g/mol. The molecule has 0 amide bonds. The van der Waals surface area contributed by atoms with Crippen molar-refractivity contribution in [2.45, 2.75) is 26.7 Å². The lowest BCUT2D eigenvalue weighted by atomic mass is 9.81. The van der Waals surface area contributed by atoms with Crippen molar-refractivity contribution in [3.63, 3.8) is 0 Å². The van der Waals surface area contributed by atoms with Gasteiger partial charge < -0.3 is 10.1 Å². The van der Waals surface area contributed by atoms with Crippen molar-refractivity contribution >= 4 is 5.97 Å². The summed E-state index contributed by atoms with van der Waals surface area (Å²) in [5, 5.41) is 12.6. The topological polar surface area (TPSA) is 62.1 Å². The van der Waals surface area contributed by atoms with Crippen LogP contribution in [0.2, 0.25) is 0 Å². The maximum Gasteiger partial charge on any atom is 0.336 e. The first-order valence-corrected chi connectivity index (χ1v) is 6.90. The first kappa shape index (κ1) is 14.9. The number of ether oxygens (including phenoxy) is 1. The average molecular weight is 282 g/mol. The number of allylic oxidation sites excluding steroid dienone is 3. The molecule has 1 aliphatic heterocycles. The molecule has 1 N–H and O–H groups in total. The maximum absolute atomic E-state index is 12.3. The van der Waals surface area contributed by atoms with Gasteiger partial charge in [0, 0.05) is 11.4 Å². The summed E-state index contributed by atoms with van der Waals surface area (Å²) in [7, 11) is 0. The number of nitrogens with zero attached hydrogens (tertiary/aromatic N) is 1. The van der Waals surface area contributed by atoms with Crippen LogP contribution in [0.1, 0.15) is 32.3 Å². The van der Waals surface area contributed by atoms with Crippen molar-refractivity contribution in [3.8, 4) is 6.07 Å². The first-order chi connectivity index (χ1) is 10.1. The van der Waals surface area contributed by atoms with Crippen LogP contribution in [0.25, 0.3) is 0 Å². The van der Waals surface area contributed by atoms with E-state index in [1.54, 1.807) is 6.92 Å². The van der Waals surface area contributed by atoms with Gasteiger partial charge in [-0.1, -0.05) is 30.3 Å². The fraction of sp³-hybridized carbons (Fsp3) is 0.294. The van der Waals surface area contributed by atoms with Gasteiger partial charge >= 0.3 is 5.97 Å². The second-order valence-electron chi connectivity index (χ2n) is 4.88. The number of nitriles is 1. The maximum atomic E-state index is 12.3. The molecule has 1 unspecified atom stereocenters. The van der Waals surface area contributed by atoms with Crippen LogP contribution in [0.3, 0.4) is 0 Å². The summed E-state index contributed by atoms with van der Waals surface area (Å²) in [4.78, 5) is 12.3. The predicted octanol–water partition coefficient (Wildman–Crippen LogP) is 3.01. The van der Waals surface area contributed by atoms with Crippen LogP contribution >= 0.6 is 0 Å². The molecule has 4 nitrogen and oxygen atoms in total. The molecule has 2 rings (SSSR count). The molecule has 108 valence electrons. The van der Waals surface area contributed by atoms with Gasteiger partial charge in [-0.15, -0.1) is 0 Å². The minimum atomic E-state index is -0.378. The van der Waals surface area contributed by atoms with Crippen LogP contribution < -0.4 is 5.32 Å². The van der Waals surface area contributed by atoms with Crippen LogP contribution in [0.15, 0.2) is 52.9 Å². The van der Waals surface area contributed by atoms with E-state index < -0.39 is 0 Å². The molecular weight excluding hydrogens is 264 g/mol. The summed E-state index contributed by atoms with van der Waals surface area (Å²) in [6.45, 7) is 5.76. The average Bonchev–Trinajstić information content (AvgIpc) is 2.47. The molecule has 0 saturated carbocycles. The quantitative estimate of drug-likeness (QED) is 0.866. The van der Waals surface area contributed by atoms with Gasteiger partial charge in [-0.25, -0.2) is 4.79 Å². The van der Waals surface area contributed by atoms with Gasteiger partial charge in [0.25, 0.3) is 0 Å². The number of dihydropyridines is 1. The van der Waals surface area contributed by atoms with Gasteiger partial charge in [0.1, 0.15) is 0 Å². The molecule has 0 spiro atoms. The molecule has 0 aromatic heterocycles. The van der Waals surface area contributed by atoms with E-state index in [2.05, 4.69) is 11.4 Å². The summed E-state index contributed by atoms with van der Waals surface area (Å²) in [5.74, 6) is -0.756. The fourth-order valence-corrected chi connectivity index (χ4v) is 2.60. The molecule has 0 bridgehead atoms. The Morgan fingerprint density at radius 3 is 2.52 bits per heavy atom. The summed E-state index contributed by atoms with van der Waals surface area (Å²) in [6.07, 6.45) is 0. The van der Waals surface area contributed by atoms with Crippen molar-refractivity contribution in [2.75, 3.05) is 6.61 Å². The Morgan fingerprint density at radius 1 is 1.29 bits per heavy atom. The van der Waals surface area contributed by atoms with Crippen LogP contribution in [-0.4, -0.2) is 12.6 Å². The first-order valence-electron chi connectivity index (χ1n) is 6.90. The lowest BCUT2D eigenvalue weighted by Crippen LogP contribution is -2.28. The molecule has 0 radical (unpaired) electrons. The van der Waals surface area contributed by atoms with E-state index in [0.717, 1.165) is 17.0 Å². The number of esters is 1. The van der Waals surface area contributed by atoms with Gasteiger partial charge in [-0.2, -0.15) is 5.26 Å². The van der Waals surface area contributed by atoms with Gasteiger partial charge in [-0.3, -0.25) is 0 Å². The molecule has 1 aromatic carbocycles. The van der Waals surface area contributed by atoms with Crippen molar-refractivity contribution in [2.24, 2.45) is 0 Å². The van der Waals surface area contributed by atoms with E-state index in [9.17, 15) is 10.1 Å². The molecule has 4 heteroatoms. The van der Waals surface area contributed by atoms with Crippen molar-refractivity contribution in [1.29, 1.82) is 5.26 Å². The smallest absolute Gasteiger partial charge is 0.336 e. The van der Waals surface area contributed by atoms with Crippen LogP contribution in [0.5, 0.6) is 0 Å². The highest BCUT2D eigenvalue weighted by Gasteiger charge is 2.33. The van der Waals surface area contributed by atoms with E-state index >= 15 is 0 Å². The third kappa shape index (κ3) is 2.82. The predicted molar refractivity (Wildman–Crippen MR) is 80.0 cm³/mol. The Hall–Kier alpha value is -2.54. The molecular formula is C17H18N2O2. The standard InChI is InChI=1S/C17H18N2O2/c1-4-21-17(20)15-12(3)19-11(2)14(10-18)16(15)13-8-6-5-7-9-13/h5-9,16,19H,4H2,1-3H3. The van der Waals surface area contributed by atoms with E-state index in [4.69, 9.17) is 4.74 Å². The van der Waals surface area contributed by atoms with Crippen LogP contribution in [-0.2, 0) is 9.53 Å². The van der Waals surface area contributed by atoms with Gasteiger partial charge in [0.05, 0.1) is 29.7 Å². The highest BCUT2D eigenvalue weighted by Crippen LogP contribution is 2.37. The highest BCUT2D eigenvalue weighted by atomic mass is 16.5. The number of carbonyl (C=O) groups excluding carboxylic acids is 1. The molecule has 0 fully saturated rings. The number of hydrogen-bond acceptors (Lipinski definition) is 4. The molecule has 1 heterocycles. The molecule has 1 aliphatic rings. The van der Waals surface area contributed by atoms with Gasteiger partial charge in [0.2, 0.25) is 0 Å². The van der Waals surface area contributed by atoms with E-state index in [-0.39, 0.29) is 11.9 Å². The van der Waals surface area contributed by atoms with Crippen molar-refractivity contribution in [3.05, 3.63) is 58.4 Å². The second-order valence-corrected chi connectivity index (χ2v) is 4.88. The van der Waals surface area contributed by atoms with E-state index in [1.165, 1.54) is 0 Å². The van der Waals surface area contributed by atoms with Crippen LogP contribution in [0, 0.1) is 11.3 Å². The number of rotatable bonds is 3. The number of nitrogens with one attached hydrogen (secondary N) is 1. The fourth-order valence-electron chi connectivity index (χ4n) is 2.60. The van der Waals surface area contributed by atoms with Gasteiger partial charge in [0.15, 0.2) is 0 Å². The van der Waals surface area contributed by atoms with Gasteiger partial charge in [-0.05, 0) is 26.3 Å². The molecule has 0 aliphatic carbocycles. The molecule has 1 aromatic rings.